The number of carbonyl (C=O) groups excluding carboxylic acids is 1. The van der Waals surface area contributed by atoms with Crippen LogP contribution in [0.3, 0.4) is 0 Å². The van der Waals surface area contributed by atoms with Crippen molar-refractivity contribution in [2.75, 3.05) is 14.2 Å². The molecule has 0 unspecified atom stereocenters. The molecule has 7 heteroatoms. The van der Waals surface area contributed by atoms with Crippen molar-refractivity contribution in [2.45, 2.75) is 13.2 Å². The van der Waals surface area contributed by atoms with Crippen LogP contribution in [0.25, 0.3) is 10.8 Å². The fourth-order valence-electron chi connectivity index (χ4n) is 4.35. The molecule has 5 rings (SSSR count). The first-order chi connectivity index (χ1) is 20.1. The minimum atomic E-state index is -0.379. The van der Waals surface area contributed by atoms with Gasteiger partial charge in [0.25, 0.3) is 5.91 Å². The first kappa shape index (κ1) is 27.3. The zero-order chi connectivity index (χ0) is 28.4. The van der Waals surface area contributed by atoms with Crippen molar-refractivity contribution in [1.29, 1.82) is 0 Å². The summed E-state index contributed by atoms with van der Waals surface area (Å²) in [4.78, 5) is 12.7. The van der Waals surface area contributed by atoms with Gasteiger partial charge in [-0.25, -0.2) is 5.43 Å². The number of hydrazone groups is 1. The van der Waals surface area contributed by atoms with Crippen LogP contribution in [-0.2, 0) is 13.2 Å². The molecular formula is C34H30N2O5. The maximum atomic E-state index is 12.7. The molecule has 7 nitrogen and oxygen atoms in total. The normalized spacial score (nSPS) is 10.9. The summed E-state index contributed by atoms with van der Waals surface area (Å²) < 4.78 is 22.9. The van der Waals surface area contributed by atoms with Crippen LogP contribution in [0.15, 0.2) is 114 Å². The molecule has 0 bridgehead atoms. The zero-order valence-electron chi connectivity index (χ0n) is 22.9. The Hall–Kier alpha value is -5.30. The summed E-state index contributed by atoms with van der Waals surface area (Å²) in [6.07, 6.45) is 1.55. The third-order valence-electron chi connectivity index (χ3n) is 6.49. The molecule has 0 aromatic heterocycles. The van der Waals surface area contributed by atoms with Crippen LogP contribution >= 0.6 is 0 Å². The second-order valence-corrected chi connectivity index (χ2v) is 9.18. The van der Waals surface area contributed by atoms with Gasteiger partial charge in [0, 0.05) is 5.56 Å². The molecular weight excluding hydrogens is 516 g/mol. The average molecular weight is 547 g/mol. The van der Waals surface area contributed by atoms with Crippen LogP contribution in [0, 0.1) is 0 Å². The smallest absolute Gasteiger partial charge is 0.271 e. The molecule has 0 radical (unpaired) electrons. The highest BCUT2D eigenvalue weighted by atomic mass is 16.5. The number of amides is 1. The summed E-state index contributed by atoms with van der Waals surface area (Å²) in [6.45, 7) is 0.796. The van der Waals surface area contributed by atoms with E-state index in [4.69, 9.17) is 18.9 Å². The van der Waals surface area contributed by atoms with Crippen LogP contribution in [0.1, 0.15) is 27.0 Å². The third-order valence-corrected chi connectivity index (χ3v) is 6.49. The highest BCUT2D eigenvalue weighted by molar-refractivity contribution is 5.95. The lowest BCUT2D eigenvalue weighted by atomic mass is 10.1. The molecule has 0 saturated heterocycles. The fraction of sp³-hybridized carbons (Fsp3) is 0.118. The number of methoxy groups -OCH3 is 2. The molecule has 0 spiro atoms. The number of rotatable bonds is 11. The molecule has 0 fully saturated rings. The quantitative estimate of drug-likeness (QED) is 0.146. The van der Waals surface area contributed by atoms with Gasteiger partial charge in [-0.2, -0.15) is 5.10 Å². The van der Waals surface area contributed by atoms with E-state index in [2.05, 4.69) is 34.8 Å². The van der Waals surface area contributed by atoms with Crippen molar-refractivity contribution in [3.05, 3.63) is 131 Å². The molecule has 5 aromatic rings. The van der Waals surface area contributed by atoms with E-state index < -0.39 is 0 Å². The SMILES string of the molecule is COc1cc(C(=O)N/N=C/c2ccc(OCc3cccc4ccccc34)c(OC)c2)ccc1OCc1ccccc1. The standard InChI is InChI=1S/C34H30N2O5/c1-38-32-19-25(15-17-30(32)41-23-28-13-8-12-26-11-6-7-14-29(26)28)21-35-36-34(37)27-16-18-31(33(20-27)39-2)40-22-24-9-4-3-5-10-24/h3-21H,22-23H2,1-2H3,(H,36,37)/b35-21+. The number of hydrogen-bond acceptors (Lipinski definition) is 6. The maximum Gasteiger partial charge on any atom is 0.271 e. The van der Waals surface area contributed by atoms with Gasteiger partial charge in [-0.1, -0.05) is 72.8 Å². The Morgan fingerprint density at radius 2 is 1.39 bits per heavy atom. The van der Waals surface area contributed by atoms with Crippen LogP contribution in [-0.4, -0.2) is 26.3 Å². The summed E-state index contributed by atoms with van der Waals surface area (Å²) in [5.74, 6) is 1.81. The van der Waals surface area contributed by atoms with Gasteiger partial charge < -0.3 is 18.9 Å². The molecule has 0 atom stereocenters. The van der Waals surface area contributed by atoms with Crippen LogP contribution in [0.2, 0.25) is 0 Å². The van der Waals surface area contributed by atoms with Gasteiger partial charge in [-0.3, -0.25) is 4.79 Å². The lowest BCUT2D eigenvalue weighted by molar-refractivity contribution is 0.0954. The van der Waals surface area contributed by atoms with E-state index in [1.165, 1.54) is 12.5 Å². The largest absolute Gasteiger partial charge is 0.493 e. The van der Waals surface area contributed by atoms with Gasteiger partial charge in [0.15, 0.2) is 23.0 Å². The lowest BCUT2D eigenvalue weighted by Crippen LogP contribution is -2.17. The van der Waals surface area contributed by atoms with E-state index in [9.17, 15) is 4.79 Å². The van der Waals surface area contributed by atoms with Crippen LogP contribution in [0.4, 0.5) is 0 Å². The van der Waals surface area contributed by atoms with E-state index in [0.29, 0.717) is 41.8 Å². The molecule has 0 aliphatic carbocycles. The summed E-state index contributed by atoms with van der Waals surface area (Å²) in [5.41, 5.74) is 5.80. The van der Waals surface area contributed by atoms with Crippen molar-refractivity contribution >= 4 is 22.9 Å². The summed E-state index contributed by atoms with van der Waals surface area (Å²) in [7, 11) is 3.12. The maximum absolute atomic E-state index is 12.7. The molecule has 1 amide bonds. The molecule has 0 aliphatic heterocycles. The Balaban J connectivity index is 1.20. The summed E-state index contributed by atoms with van der Waals surface area (Å²) in [5, 5.41) is 6.43. The van der Waals surface area contributed by atoms with Crippen LogP contribution < -0.4 is 24.4 Å². The molecule has 5 aromatic carbocycles. The van der Waals surface area contributed by atoms with Gasteiger partial charge in [0.2, 0.25) is 0 Å². The van der Waals surface area contributed by atoms with E-state index in [1.807, 2.05) is 60.7 Å². The topological polar surface area (TPSA) is 78.4 Å². The second-order valence-electron chi connectivity index (χ2n) is 9.18. The Bertz CT molecular complexity index is 1660. The number of nitrogens with zero attached hydrogens (tertiary/aromatic N) is 1. The Morgan fingerprint density at radius 1 is 0.707 bits per heavy atom. The van der Waals surface area contributed by atoms with E-state index in [0.717, 1.165) is 22.1 Å². The van der Waals surface area contributed by atoms with Gasteiger partial charge in [0.05, 0.1) is 20.4 Å². The summed E-state index contributed by atoms with van der Waals surface area (Å²) in [6, 6.07) is 34.7. The minimum Gasteiger partial charge on any atom is -0.493 e. The average Bonchev–Trinajstić information content (AvgIpc) is 3.03. The molecule has 0 heterocycles. The number of hydrogen-bond donors (Lipinski definition) is 1. The Labute approximate surface area is 239 Å². The fourth-order valence-corrected chi connectivity index (χ4v) is 4.35. The second kappa shape index (κ2) is 13.2. The lowest BCUT2D eigenvalue weighted by Gasteiger charge is -2.13. The zero-order valence-corrected chi connectivity index (χ0v) is 22.9. The predicted molar refractivity (Wildman–Crippen MR) is 160 cm³/mol. The van der Waals surface area contributed by atoms with E-state index >= 15 is 0 Å². The van der Waals surface area contributed by atoms with E-state index in [-0.39, 0.29) is 5.91 Å². The number of ether oxygens (including phenoxy) is 4. The van der Waals surface area contributed by atoms with Crippen molar-refractivity contribution in [3.63, 3.8) is 0 Å². The van der Waals surface area contributed by atoms with Crippen LogP contribution in [0.5, 0.6) is 23.0 Å². The highest BCUT2D eigenvalue weighted by Gasteiger charge is 2.12. The predicted octanol–water partition coefficient (Wildman–Crippen LogP) is 6.78. The van der Waals surface area contributed by atoms with Crippen molar-refractivity contribution in [3.8, 4) is 23.0 Å². The van der Waals surface area contributed by atoms with Crippen molar-refractivity contribution < 1.29 is 23.7 Å². The molecule has 0 aliphatic rings. The number of fused-ring (bicyclic) bond motifs is 1. The summed E-state index contributed by atoms with van der Waals surface area (Å²) >= 11 is 0. The van der Waals surface area contributed by atoms with Gasteiger partial charge in [-0.15, -0.1) is 0 Å². The third kappa shape index (κ3) is 6.83. The molecule has 206 valence electrons. The Morgan fingerprint density at radius 3 is 2.20 bits per heavy atom. The molecule has 1 N–H and O–H groups in total. The molecule has 41 heavy (non-hydrogen) atoms. The van der Waals surface area contributed by atoms with Gasteiger partial charge in [0.1, 0.15) is 13.2 Å². The van der Waals surface area contributed by atoms with Gasteiger partial charge >= 0.3 is 0 Å². The first-order valence-electron chi connectivity index (χ1n) is 13.1. The minimum absolute atomic E-state index is 0.379. The number of carbonyl (C=O) groups is 1. The van der Waals surface area contributed by atoms with E-state index in [1.54, 1.807) is 37.6 Å². The first-order valence-corrected chi connectivity index (χ1v) is 13.1. The van der Waals surface area contributed by atoms with Crippen molar-refractivity contribution in [2.24, 2.45) is 5.10 Å². The number of benzene rings is 5. The molecule has 0 saturated carbocycles. The monoisotopic (exact) mass is 546 g/mol. The number of nitrogens with one attached hydrogen (secondary N) is 1. The highest BCUT2D eigenvalue weighted by Crippen LogP contribution is 2.30. The van der Waals surface area contributed by atoms with Gasteiger partial charge in [-0.05, 0) is 63.9 Å². The van der Waals surface area contributed by atoms with Crippen molar-refractivity contribution in [1.82, 2.24) is 5.43 Å². The Kier molecular flexibility index (Phi) is 8.76.